The summed E-state index contributed by atoms with van der Waals surface area (Å²) in [5, 5.41) is 1.07. The molecule has 1 aromatic heterocycles. The Hall–Kier alpha value is -1.35. The molecule has 0 fully saturated rings. The first-order valence-electron chi connectivity index (χ1n) is 6.71. The normalized spacial score (nSPS) is 9.84. The van der Waals surface area contributed by atoms with Crippen LogP contribution in [0, 0.1) is 20.8 Å². The van der Waals surface area contributed by atoms with Crippen LogP contribution in [-0.4, -0.2) is 19.1 Å². The predicted octanol–water partition coefficient (Wildman–Crippen LogP) is 4.83. The molecule has 0 bridgehead atoms. The molecule has 19 heavy (non-hydrogen) atoms. The largest absolute Gasteiger partial charge is 0.354 e. The van der Waals surface area contributed by atoms with Crippen LogP contribution in [0.1, 0.15) is 29.9 Å². The zero-order chi connectivity index (χ0) is 14.6. The average molecular weight is 276 g/mol. The van der Waals surface area contributed by atoms with Crippen molar-refractivity contribution < 1.29 is 0 Å². The second-order valence-corrected chi connectivity index (χ2v) is 5.80. The summed E-state index contributed by atoms with van der Waals surface area (Å²) in [5.41, 5.74) is 4.96. The zero-order valence-corrected chi connectivity index (χ0v) is 13.9. The molecule has 0 saturated carbocycles. The molecule has 2 nitrogen and oxygen atoms in total. The first-order chi connectivity index (χ1) is 8.99. The van der Waals surface area contributed by atoms with Gasteiger partial charge in [0.05, 0.1) is 5.69 Å². The minimum absolute atomic E-state index is 1.07. The van der Waals surface area contributed by atoms with Crippen LogP contribution in [0.3, 0.4) is 0 Å². The van der Waals surface area contributed by atoms with E-state index >= 15 is 0 Å². The van der Waals surface area contributed by atoms with Crippen molar-refractivity contribution in [3.63, 3.8) is 0 Å². The quantitative estimate of drug-likeness (QED) is 0.781. The molecule has 2 aromatic rings. The fourth-order valence-corrected chi connectivity index (χ4v) is 2.75. The number of hydrogen-bond acceptors (Lipinski definition) is 3. The lowest BCUT2D eigenvalue weighted by atomic mass is 10.0. The summed E-state index contributed by atoms with van der Waals surface area (Å²) in [7, 11) is 4.06. The monoisotopic (exact) mass is 276 g/mol. The number of benzene rings is 1. The van der Waals surface area contributed by atoms with Crippen molar-refractivity contribution >= 4 is 16.5 Å². The van der Waals surface area contributed by atoms with E-state index in [1.165, 1.54) is 21.6 Å². The molecule has 0 aliphatic rings. The van der Waals surface area contributed by atoms with Gasteiger partial charge in [-0.05, 0) is 26.3 Å². The van der Waals surface area contributed by atoms with Crippen LogP contribution in [0.15, 0.2) is 18.2 Å². The summed E-state index contributed by atoms with van der Waals surface area (Å²) in [6.45, 7) is 10.4. The molecule has 104 valence electrons. The summed E-state index contributed by atoms with van der Waals surface area (Å²) in [5.74, 6) is 0. The second-order valence-electron chi connectivity index (χ2n) is 4.61. The van der Waals surface area contributed by atoms with Gasteiger partial charge in [0.2, 0.25) is 0 Å². The van der Waals surface area contributed by atoms with Crippen LogP contribution in [0.4, 0.5) is 5.13 Å². The highest BCUT2D eigenvalue weighted by Crippen LogP contribution is 2.33. The summed E-state index contributed by atoms with van der Waals surface area (Å²) in [6.07, 6.45) is 0. The van der Waals surface area contributed by atoms with Crippen molar-refractivity contribution in [2.75, 3.05) is 19.0 Å². The van der Waals surface area contributed by atoms with Gasteiger partial charge < -0.3 is 4.90 Å². The molecule has 0 spiro atoms. The number of nitrogens with zero attached hydrogens (tertiary/aromatic N) is 2. The highest BCUT2D eigenvalue weighted by Gasteiger charge is 2.12. The van der Waals surface area contributed by atoms with Gasteiger partial charge >= 0.3 is 0 Å². The van der Waals surface area contributed by atoms with Gasteiger partial charge in [0, 0.05) is 24.5 Å². The van der Waals surface area contributed by atoms with Gasteiger partial charge in [-0.2, -0.15) is 0 Å². The van der Waals surface area contributed by atoms with E-state index < -0.39 is 0 Å². The number of rotatable bonds is 2. The lowest BCUT2D eigenvalue weighted by Gasteiger charge is -2.07. The molecule has 2 rings (SSSR count). The topological polar surface area (TPSA) is 16.1 Å². The van der Waals surface area contributed by atoms with Gasteiger partial charge in [-0.3, -0.25) is 0 Å². The molecule has 0 saturated heterocycles. The molecule has 0 atom stereocenters. The third kappa shape index (κ3) is 3.57. The third-order valence-electron chi connectivity index (χ3n) is 2.80. The Morgan fingerprint density at radius 1 is 1.05 bits per heavy atom. The highest BCUT2D eigenvalue weighted by atomic mass is 32.1. The first kappa shape index (κ1) is 15.7. The van der Waals surface area contributed by atoms with Crippen molar-refractivity contribution in [1.29, 1.82) is 0 Å². The maximum Gasteiger partial charge on any atom is 0.185 e. The van der Waals surface area contributed by atoms with E-state index in [1.807, 2.05) is 27.9 Å². The fraction of sp³-hybridized carbons (Fsp3) is 0.438. The standard InChI is InChI=1S/C14H18N2S.C2H6/c1-9-6-7-12(10(2)8-9)13-11(3)17-14(15-13)16(4)5;1-2/h6-8H,1-5H3;1-2H3. The van der Waals surface area contributed by atoms with Gasteiger partial charge in [-0.25, -0.2) is 4.98 Å². The van der Waals surface area contributed by atoms with Crippen LogP contribution in [0.2, 0.25) is 0 Å². The van der Waals surface area contributed by atoms with Crippen LogP contribution in [0.25, 0.3) is 11.3 Å². The van der Waals surface area contributed by atoms with Crippen LogP contribution in [0.5, 0.6) is 0 Å². The van der Waals surface area contributed by atoms with E-state index in [-0.39, 0.29) is 0 Å². The second kappa shape index (κ2) is 6.71. The minimum atomic E-state index is 1.07. The highest BCUT2D eigenvalue weighted by molar-refractivity contribution is 7.16. The third-order valence-corrected chi connectivity index (χ3v) is 3.94. The van der Waals surface area contributed by atoms with Gasteiger partial charge in [-0.1, -0.05) is 37.6 Å². The molecule has 0 unspecified atom stereocenters. The molecule has 3 heteroatoms. The molecule has 1 heterocycles. The van der Waals surface area contributed by atoms with Crippen LogP contribution in [-0.2, 0) is 0 Å². The number of aryl methyl sites for hydroxylation is 3. The Balaban J connectivity index is 0.000000861. The van der Waals surface area contributed by atoms with E-state index in [0.29, 0.717) is 0 Å². The predicted molar refractivity (Wildman–Crippen MR) is 87.4 cm³/mol. The Labute approximate surface area is 121 Å². The Morgan fingerprint density at radius 2 is 1.68 bits per heavy atom. The SMILES string of the molecule is CC.Cc1ccc(-c2nc(N(C)C)sc2C)c(C)c1. The Bertz CT molecular complexity index is 542. The summed E-state index contributed by atoms with van der Waals surface area (Å²) >= 11 is 1.75. The van der Waals surface area contributed by atoms with Crippen molar-refractivity contribution in [2.45, 2.75) is 34.6 Å². The van der Waals surface area contributed by atoms with Crippen molar-refractivity contribution in [1.82, 2.24) is 4.98 Å². The summed E-state index contributed by atoms with van der Waals surface area (Å²) in [6, 6.07) is 6.53. The smallest absolute Gasteiger partial charge is 0.185 e. The molecule has 0 aliphatic heterocycles. The minimum Gasteiger partial charge on any atom is -0.354 e. The van der Waals surface area contributed by atoms with Gasteiger partial charge in [0.15, 0.2) is 5.13 Å². The fourth-order valence-electron chi connectivity index (χ4n) is 1.90. The molecule has 0 amide bonds. The first-order valence-corrected chi connectivity index (χ1v) is 7.53. The summed E-state index contributed by atoms with van der Waals surface area (Å²) < 4.78 is 0. The lowest BCUT2D eigenvalue weighted by Crippen LogP contribution is -2.07. The Kier molecular flexibility index (Phi) is 5.55. The van der Waals surface area contributed by atoms with E-state index in [4.69, 9.17) is 4.98 Å². The van der Waals surface area contributed by atoms with Crippen molar-refractivity contribution in [3.05, 3.63) is 34.2 Å². The van der Waals surface area contributed by atoms with Crippen LogP contribution < -0.4 is 4.90 Å². The number of aromatic nitrogens is 1. The van der Waals surface area contributed by atoms with E-state index in [1.54, 1.807) is 11.3 Å². The van der Waals surface area contributed by atoms with E-state index in [9.17, 15) is 0 Å². The van der Waals surface area contributed by atoms with E-state index in [0.717, 1.165) is 10.8 Å². The van der Waals surface area contributed by atoms with Crippen molar-refractivity contribution in [3.8, 4) is 11.3 Å². The molecular formula is C16H24N2S. The zero-order valence-electron chi connectivity index (χ0n) is 13.0. The molecule has 0 N–H and O–H groups in total. The maximum atomic E-state index is 4.71. The number of anilines is 1. The molecule has 1 aromatic carbocycles. The van der Waals surface area contributed by atoms with Gasteiger partial charge in [-0.15, -0.1) is 11.3 Å². The molecule has 0 radical (unpaired) electrons. The number of thiazole rings is 1. The van der Waals surface area contributed by atoms with Gasteiger partial charge in [0.1, 0.15) is 0 Å². The average Bonchev–Trinajstić information content (AvgIpc) is 2.74. The molecular weight excluding hydrogens is 252 g/mol. The van der Waals surface area contributed by atoms with Crippen LogP contribution >= 0.6 is 11.3 Å². The number of hydrogen-bond donors (Lipinski definition) is 0. The van der Waals surface area contributed by atoms with Gasteiger partial charge in [0.25, 0.3) is 0 Å². The lowest BCUT2D eigenvalue weighted by molar-refractivity contribution is 1.10. The van der Waals surface area contributed by atoms with E-state index in [2.05, 4.69) is 43.9 Å². The Morgan fingerprint density at radius 3 is 2.16 bits per heavy atom. The molecule has 0 aliphatic carbocycles. The maximum absolute atomic E-state index is 4.71. The summed E-state index contributed by atoms with van der Waals surface area (Å²) in [4.78, 5) is 8.05. The van der Waals surface area contributed by atoms with Crippen molar-refractivity contribution in [2.24, 2.45) is 0 Å².